The first kappa shape index (κ1) is 14.0. The highest BCUT2D eigenvalue weighted by molar-refractivity contribution is 6.07. The lowest BCUT2D eigenvalue weighted by molar-refractivity contribution is -0.142. The summed E-state index contributed by atoms with van der Waals surface area (Å²) < 4.78 is 0. The minimum Gasteiger partial charge on any atom is -0.308 e. The first-order valence-corrected chi connectivity index (χ1v) is 6.30. The Balaban J connectivity index is 2.16. The third-order valence-electron chi connectivity index (χ3n) is 3.33. The highest BCUT2D eigenvalue weighted by Crippen LogP contribution is 2.20. The fraction of sp³-hybridized carbons (Fsp3) is 0.357. The van der Waals surface area contributed by atoms with Crippen LogP contribution in [0.15, 0.2) is 24.3 Å². The Bertz CT molecular complexity index is 564. The van der Waals surface area contributed by atoms with E-state index in [1.165, 1.54) is 4.90 Å². The monoisotopic (exact) mass is 275 g/mol. The molecule has 106 valence electrons. The van der Waals surface area contributed by atoms with Crippen molar-refractivity contribution in [3.8, 4) is 0 Å². The van der Waals surface area contributed by atoms with Gasteiger partial charge in [-0.15, -0.1) is 0 Å². The van der Waals surface area contributed by atoms with Crippen LogP contribution >= 0.6 is 0 Å². The number of anilines is 1. The molecule has 0 unspecified atom stereocenters. The van der Waals surface area contributed by atoms with Crippen LogP contribution < -0.4 is 10.6 Å². The average molecular weight is 275 g/mol. The summed E-state index contributed by atoms with van der Waals surface area (Å²) >= 11 is 0. The molecule has 20 heavy (non-hydrogen) atoms. The second kappa shape index (κ2) is 4.96. The lowest BCUT2D eigenvalue weighted by Gasteiger charge is -2.39. The first-order chi connectivity index (χ1) is 9.30. The lowest BCUT2D eigenvalue weighted by Crippen LogP contribution is -2.66. The maximum atomic E-state index is 12.2. The van der Waals surface area contributed by atoms with Crippen molar-refractivity contribution >= 4 is 23.5 Å². The molecule has 1 aliphatic rings. The zero-order valence-corrected chi connectivity index (χ0v) is 11.7. The number of amides is 4. The van der Waals surface area contributed by atoms with Crippen LogP contribution in [0.2, 0.25) is 0 Å². The molecule has 0 aromatic heterocycles. The van der Waals surface area contributed by atoms with Crippen LogP contribution in [0, 0.1) is 6.92 Å². The largest absolute Gasteiger partial charge is 0.323 e. The number of carbonyl (C=O) groups is 3. The van der Waals surface area contributed by atoms with E-state index in [2.05, 4.69) is 10.6 Å². The van der Waals surface area contributed by atoms with Gasteiger partial charge in [-0.25, -0.2) is 4.79 Å². The molecule has 1 aromatic rings. The molecule has 0 atom stereocenters. The Morgan fingerprint density at radius 2 is 1.85 bits per heavy atom. The third kappa shape index (κ3) is 2.64. The molecule has 2 N–H and O–H groups in total. The van der Waals surface area contributed by atoms with E-state index < -0.39 is 23.4 Å². The minimum atomic E-state index is -1.07. The number of aryl methyl sites for hydroxylation is 1. The van der Waals surface area contributed by atoms with Gasteiger partial charge in [-0.05, 0) is 32.9 Å². The van der Waals surface area contributed by atoms with Gasteiger partial charge in [0, 0.05) is 5.69 Å². The number of urea groups is 1. The fourth-order valence-corrected chi connectivity index (χ4v) is 1.94. The smallest absolute Gasteiger partial charge is 0.308 e. The van der Waals surface area contributed by atoms with E-state index in [-0.39, 0.29) is 6.54 Å². The maximum absolute atomic E-state index is 12.2. The fourth-order valence-electron chi connectivity index (χ4n) is 1.94. The van der Waals surface area contributed by atoms with Crippen LogP contribution in [0.25, 0.3) is 0 Å². The summed E-state index contributed by atoms with van der Waals surface area (Å²) in [7, 11) is 0. The highest BCUT2D eigenvalue weighted by atomic mass is 16.2. The molecule has 4 amide bonds. The quantitative estimate of drug-likeness (QED) is 0.757. The van der Waals surface area contributed by atoms with Gasteiger partial charge in [-0.2, -0.15) is 0 Å². The van der Waals surface area contributed by atoms with Gasteiger partial charge >= 0.3 is 6.03 Å². The van der Waals surface area contributed by atoms with E-state index in [4.69, 9.17) is 0 Å². The van der Waals surface area contributed by atoms with Gasteiger partial charge in [0.05, 0.1) is 0 Å². The Morgan fingerprint density at radius 3 is 2.45 bits per heavy atom. The van der Waals surface area contributed by atoms with E-state index in [9.17, 15) is 14.4 Å². The van der Waals surface area contributed by atoms with E-state index in [0.717, 1.165) is 5.56 Å². The second-order valence-electron chi connectivity index (χ2n) is 5.32. The number of rotatable bonds is 1. The molecule has 0 aliphatic carbocycles. The lowest BCUT2D eigenvalue weighted by atomic mass is 9.99. The standard InChI is InChI=1S/C14H17N3O3/c1-9-4-6-10(7-5-9)15-13(20)17-8-11(18)16-12(19)14(17,2)3/h4-7H,8H2,1-3H3,(H,15,20)(H,16,18,19). The zero-order chi connectivity index (χ0) is 14.9. The second-order valence-corrected chi connectivity index (χ2v) is 5.32. The van der Waals surface area contributed by atoms with E-state index in [1.54, 1.807) is 26.0 Å². The maximum Gasteiger partial charge on any atom is 0.323 e. The Labute approximate surface area is 117 Å². The molecule has 0 radical (unpaired) electrons. The summed E-state index contributed by atoms with van der Waals surface area (Å²) in [5.41, 5.74) is 0.633. The molecular formula is C14H17N3O3. The van der Waals surface area contributed by atoms with Crippen LogP contribution in [0.1, 0.15) is 19.4 Å². The van der Waals surface area contributed by atoms with Crippen LogP contribution in [0.3, 0.4) is 0 Å². The Hall–Kier alpha value is -2.37. The molecule has 1 heterocycles. The molecule has 6 nitrogen and oxygen atoms in total. The van der Waals surface area contributed by atoms with Gasteiger partial charge in [0.25, 0.3) is 5.91 Å². The van der Waals surface area contributed by atoms with Gasteiger partial charge in [0.1, 0.15) is 12.1 Å². The number of hydrogen-bond donors (Lipinski definition) is 2. The average Bonchev–Trinajstić information content (AvgIpc) is 2.37. The summed E-state index contributed by atoms with van der Waals surface area (Å²) in [4.78, 5) is 36.7. The number of piperazine rings is 1. The van der Waals surface area contributed by atoms with Gasteiger partial charge in [-0.3, -0.25) is 14.9 Å². The summed E-state index contributed by atoms with van der Waals surface area (Å²) in [6.07, 6.45) is 0. The zero-order valence-electron chi connectivity index (χ0n) is 11.7. The normalized spacial score (nSPS) is 17.6. The molecule has 1 aliphatic heterocycles. The molecule has 1 aromatic carbocycles. The third-order valence-corrected chi connectivity index (χ3v) is 3.33. The molecule has 6 heteroatoms. The van der Waals surface area contributed by atoms with Crippen LogP contribution in [0.5, 0.6) is 0 Å². The Morgan fingerprint density at radius 1 is 1.25 bits per heavy atom. The van der Waals surface area contributed by atoms with Crippen molar-refractivity contribution in [1.82, 2.24) is 10.2 Å². The van der Waals surface area contributed by atoms with Gasteiger partial charge in [-0.1, -0.05) is 17.7 Å². The van der Waals surface area contributed by atoms with Crippen LogP contribution in [0.4, 0.5) is 10.5 Å². The number of imide groups is 1. The van der Waals surface area contributed by atoms with Crippen molar-refractivity contribution in [3.63, 3.8) is 0 Å². The number of nitrogens with one attached hydrogen (secondary N) is 2. The first-order valence-electron chi connectivity index (χ1n) is 6.30. The van der Waals surface area contributed by atoms with Gasteiger partial charge in [0.15, 0.2) is 0 Å². The highest BCUT2D eigenvalue weighted by Gasteiger charge is 2.43. The molecule has 0 saturated carbocycles. The SMILES string of the molecule is Cc1ccc(NC(=O)N2CC(=O)NC(=O)C2(C)C)cc1. The van der Waals surface area contributed by atoms with Crippen LogP contribution in [-0.4, -0.2) is 34.8 Å². The summed E-state index contributed by atoms with van der Waals surface area (Å²) in [6, 6.07) is 6.81. The van der Waals surface area contributed by atoms with Crippen molar-refractivity contribution < 1.29 is 14.4 Å². The minimum absolute atomic E-state index is 0.142. The molecule has 1 saturated heterocycles. The Kier molecular flexibility index (Phi) is 3.48. The van der Waals surface area contributed by atoms with Gasteiger partial charge < -0.3 is 10.2 Å². The van der Waals surface area contributed by atoms with Gasteiger partial charge in [0.2, 0.25) is 5.91 Å². The molecule has 0 spiro atoms. The molecular weight excluding hydrogens is 258 g/mol. The summed E-state index contributed by atoms with van der Waals surface area (Å²) in [5, 5.41) is 4.92. The van der Waals surface area contributed by atoms with Crippen molar-refractivity contribution in [3.05, 3.63) is 29.8 Å². The van der Waals surface area contributed by atoms with E-state index >= 15 is 0 Å². The summed E-state index contributed by atoms with van der Waals surface area (Å²) in [5.74, 6) is -0.957. The van der Waals surface area contributed by atoms with E-state index in [0.29, 0.717) is 5.69 Å². The number of hydrogen-bond acceptors (Lipinski definition) is 3. The van der Waals surface area contributed by atoms with E-state index in [1.807, 2.05) is 19.1 Å². The number of carbonyl (C=O) groups excluding carboxylic acids is 3. The van der Waals surface area contributed by atoms with Crippen molar-refractivity contribution in [2.45, 2.75) is 26.3 Å². The summed E-state index contributed by atoms with van der Waals surface area (Å²) in [6.45, 7) is 5.01. The van der Waals surface area contributed by atoms with Crippen molar-refractivity contribution in [2.24, 2.45) is 0 Å². The van der Waals surface area contributed by atoms with Crippen LogP contribution in [-0.2, 0) is 9.59 Å². The number of nitrogens with zero attached hydrogens (tertiary/aromatic N) is 1. The van der Waals surface area contributed by atoms with Crippen molar-refractivity contribution in [1.29, 1.82) is 0 Å². The molecule has 2 rings (SSSR count). The predicted octanol–water partition coefficient (Wildman–Crippen LogP) is 1.26. The number of benzene rings is 1. The van der Waals surface area contributed by atoms with Crippen molar-refractivity contribution in [2.75, 3.05) is 11.9 Å². The molecule has 0 bridgehead atoms. The topological polar surface area (TPSA) is 78.5 Å². The predicted molar refractivity (Wildman–Crippen MR) is 74.1 cm³/mol. The molecule has 1 fully saturated rings.